The fourth-order valence-corrected chi connectivity index (χ4v) is 2.66. The van der Waals surface area contributed by atoms with Crippen LogP contribution in [-0.2, 0) is 0 Å². The zero-order chi connectivity index (χ0) is 16.4. The summed E-state index contributed by atoms with van der Waals surface area (Å²) < 4.78 is 0. The molecule has 0 amide bonds. The Morgan fingerprint density at radius 2 is 1.86 bits per heavy atom. The number of carboxylic acids is 1. The Labute approximate surface area is 124 Å². The summed E-state index contributed by atoms with van der Waals surface area (Å²) in [5, 5.41) is 23.2. The van der Waals surface area contributed by atoms with Gasteiger partial charge in [0.05, 0.1) is 10.5 Å². The van der Waals surface area contributed by atoms with Gasteiger partial charge in [0.1, 0.15) is 5.69 Å². The molecule has 21 heavy (non-hydrogen) atoms. The lowest BCUT2D eigenvalue weighted by atomic mass is 9.81. The van der Waals surface area contributed by atoms with Crippen LogP contribution in [0.5, 0.6) is 0 Å². The largest absolute Gasteiger partial charge is 0.478 e. The molecule has 2 N–H and O–H groups in total. The van der Waals surface area contributed by atoms with Gasteiger partial charge >= 0.3 is 5.97 Å². The quantitative estimate of drug-likeness (QED) is 0.634. The predicted molar refractivity (Wildman–Crippen MR) is 81.8 cm³/mol. The van der Waals surface area contributed by atoms with Crippen LogP contribution < -0.4 is 5.32 Å². The van der Waals surface area contributed by atoms with Crippen LogP contribution in [0.2, 0.25) is 0 Å². The molecule has 6 heteroatoms. The van der Waals surface area contributed by atoms with E-state index in [9.17, 15) is 14.9 Å². The summed E-state index contributed by atoms with van der Waals surface area (Å²) in [6, 6.07) is 3.77. The molecule has 116 valence electrons. The molecular formula is C15H22N2O4. The van der Waals surface area contributed by atoms with Crippen LogP contribution in [0.15, 0.2) is 18.2 Å². The van der Waals surface area contributed by atoms with Gasteiger partial charge in [0, 0.05) is 11.6 Å². The highest BCUT2D eigenvalue weighted by Gasteiger charge is 2.28. The van der Waals surface area contributed by atoms with E-state index in [0.29, 0.717) is 0 Å². The molecule has 0 unspecified atom stereocenters. The molecule has 0 atom stereocenters. The Kier molecular flexibility index (Phi) is 4.61. The summed E-state index contributed by atoms with van der Waals surface area (Å²) in [6.07, 6.45) is 0.772. The van der Waals surface area contributed by atoms with E-state index in [1.807, 2.05) is 13.8 Å². The number of hydrogen-bond donors (Lipinski definition) is 2. The number of hydrogen-bond acceptors (Lipinski definition) is 4. The summed E-state index contributed by atoms with van der Waals surface area (Å²) in [6.45, 7) is 10.1. The molecule has 0 saturated carbocycles. The number of aromatic carboxylic acids is 1. The van der Waals surface area contributed by atoms with Crippen LogP contribution in [0.3, 0.4) is 0 Å². The molecule has 0 fully saturated rings. The van der Waals surface area contributed by atoms with E-state index >= 15 is 0 Å². The van der Waals surface area contributed by atoms with Gasteiger partial charge in [0.25, 0.3) is 5.69 Å². The van der Waals surface area contributed by atoms with Crippen molar-refractivity contribution in [2.45, 2.75) is 46.6 Å². The van der Waals surface area contributed by atoms with Crippen molar-refractivity contribution in [3.05, 3.63) is 33.9 Å². The first-order chi connectivity index (χ1) is 9.41. The van der Waals surface area contributed by atoms with Crippen LogP contribution >= 0.6 is 0 Å². The monoisotopic (exact) mass is 294 g/mol. The van der Waals surface area contributed by atoms with Gasteiger partial charge in [-0.15, -0.1) is 0 Å². The number of benzene rings is 1. The van der Waals surface area contributed by atoms with E-state index in [2.05, 4.69) is 26.1 Å². The molecule has 0 spiro atoms. The maximum absolute atomic E-state index is 11.1. The van der Waals surface area contributed by atoms with E-state index in [-0.39, 0.29) is 22.4 Å². The van der Waals surface area contributed by atoms with E-state index in [4.69, 9.17) is 5.11 Å². The lowest BCUT2D eigenvalue weighted by Crippen LogP contribution is -2.35. The molecule has 0 aromatic heterocycles. The second kappa shape index (κ2) is 5.71. The molecular weight excluding hydrogens is 272 g/mol. The van der Waals surface area contributed by atoms with Gasteiger partial charge in [-0.2, -0.15) is 0 Å². The van der Waals surface area contributed by atoms with Gasteiger partial charge < -0.3 is 10.4 Å². The predicted octanol–water partition coefficient (Wildman–Crippen LogP) is 3.92. The summed E-state index contributed by atoms with van der Waals surface area (Å²) in [4.78, 5) is 21.6. The van der Waals surface area contributed by atoms with Gasteiger partial charge in [0.2, 0.25) is 0 Å². The Morgan fingerprint density at radius 1 is 1.29 bits per heavy atom. The highest BCUT2D eigenvalue weighted by Crippen LogP contribution is 2.33. The van der Waals surface area contributed by atoms with Gasteiger partial charge in [-0.3, -0.25) is 10.1 Å². The van der Waals surface area contributed by atoms with Crippen molar-refractivity contribution >= 4 is 17.3 Å². The molecule has 1 aromatic rings. The molecule has 0 aliphatic carbocycles. The number of carbonyl (C=O) groups is 1. The third kappa shape index (κ3) is 5.06. The van der Waals surface area contributed by atoms with E-state index in [1.165, 1.54) is 18.2 Å². The van der Waals surface area contributed by atoms with Gasteiger partial charge in [-0.25, -0.2) is 4.79 Å². The van der Waals surface area contributed by atoms with E-state index in [1.54, 1.807) is 0 Å². The van der Waals surface area contributed by atoms with Crippen molar-refractivity contribution in [2.75, 3.05) is 5.32 Å². The third-order valence-corrected chi connectivity index (χ3v) is 2.89. The minimum atomic E-state index is -1.11. The first-order valence-corrected chi connectivity index (χ1v) is 6.71. The van der Waals surface area contributed by atoms with Crippen molar-refractivity contribution in [3.63, 3.8) is 0 Å². The molecule has 0 heterocycles. The molecule has 0 radical (unpaired) electrons. The average Bonchev–Trinajstić information content (AvgIpc) is 2.23. The minimum absolute atomic E-state index is 0.0228. The van der Waals surface area contributed by atoms with Crippen LogP contribution in [0.1, 0.15) is 51.4 Å². The number of nitrogens with one attached hydrogen (secondary N) is 1. The van der Waals surface area contributed by atoms with Crippen molar-refractivity contribution in [1.29, 1.82) is 0 Å². The molecule has 0 bridgehead atoms. The molecule has 0 aliphatic heterocycles. The summed E-state index contributed by atoms with van der Waals surface area (Å²) in [5.74, 6) is -1.11. The number of anilines is 1. The SMILES string of the molecule is CC(C)(C)CC(C)(C)Nc1cc(C(=O)O)ccc1[N+](=O)[O-]. The Balaban J connectivity index is 3.18. The fourth-order valence-electron chi connectivity index (χ4n) is 2.66. The molecule has 1 rings (SSSR count). The zero-order valence-electron chi connectivity index (χ0n) is 13.1. The summed E-state index contributed by atoms with van der Waals surface area (Å²) in [5.41, 5.74) is -0.235. The molecule has 1 aromatic carbocycles. The fraction of sp³-hybridized carbons (Fsp3) is 0.533. The van der Waals surface area contributed by atoms with E-state index < -0.39 is 16.4 Å². The first kappa shape index (κ1) is 16.9. The number of nitro benzene ring substituents is 1. The highest BCUT2D eigenvalue weighted by atomic mass is 16.6. The maximum atomic E-state index is 11.1. The average molecular weight is 294 g/mol. The van der Waals surface area contributed by atoms with Crippen LogP contribution in [0.25, 0.3) is 0 Å². The minimum Gasteiger partial charge on any atom is -0.478 e. The summed E-state index contributed by atoms with van der Waals surface area (Å²) in [7, 11) is 0. The van der Waals surface area contributed by atoms with Crippen molar-refractivity contribution in [2.24, 2.45) is 5.41 Å². The lowest BCUT2D eigenvalue weighted by Gasteiger charge is -2.34. The van der Waals surface area contributed by atoms with Crippen LogP contribution in [0, 0.1) is 15.5 Å². The number of nitro groups is 1. The Bertz CT molecular complexity index is 559. The molecule has 0 saturated heterocycles. The zero-order valence-corrected chi connectivity index (χ0v) is 13.1. The lowest BCUT2D eigenvalue weighted by molar-refractivity contribution is -0.384. The van der Waals surface area contributed by atoms with Crippen LogP contribution in [-0.4, -0.2) is 21.5 Å². The van der Waals surface area contributed by atoms with Crippen LogP contribution in [0.4, 0.5) is 11.4 Å². The van der Waals surface area contributed by atoms with Gasteiger partial charge in [0.15, 0.2) is 0 Å². The van der Waals surface area contributed by atoms with Crippen molar-refractivity contribution < 1.29 is 14.8 Å². The molecule has 0 aliphatic rings. The number of nitrogens with zero attached hydrogens (tertiary/aromatic N) is 1. The summed E-state index contributed by atoms with van der Waals surface area (Å²) >= 11 is 0. The Morgan fingerprint density at radius 3 is 2.29 bits per heavy atom. The number of carboxylic acid groups (broad SMARTS) is 1. The van der Waals surface area contributed by atoms with Crippen molar-refractivity contribution in [1.82, 2.24) is 0 Å². The maximum Gasteiger partial charge on any atom is 0.335 e. The number of rotatable bonds is 5. The second-order valence-electron chi connectivity index (χ2n) is 7.04. The standard InChI is InChI=1S/C15H22N2O4/c1-14(2,3)9-15(4,5)16-11-8-10(13(18)19)6-7-12(11)17(20)21/h6-8,16H,9H2,1-5H3,(H,18,19). The van der Waals surface area contributed by atoms with Crippen molar-refractivity contribution in [3.8, 4) is 0 Å². The third-order valence-electron chi connectivity index (χ3n) is 2.89. The highest BCUT2D eigenvalue weighted by molar-refractivity contribution is 5.90. The first-order valence-electron chi connectivity index (χ1n) is 6.71. The van der Waals surface area contributed by atoms with Gasteiger partial charge in [-0.1, -0.05) is 20.8 Å². The Hall–Kier alpha value is -2.11. The molecule has 6 nitrogen and oxygen atoms in total. The topological polar surface area (TPSA) is 92.5 Å². The van der Waals surface area contributed by atoms with Gasteiger partial charge in [-0.05, 0) is 37.8 Å². The second-order valence-corrected chi connectivity index (χ2v) is 7.04. The van der Waals surface area contributed by atoms with E-state index in [0.717, 1.165) is 6.42 Å². The normalized spacial score (nSPS) is 12.0. The smallest absolute Gasteiger partial charge is 0.335 e.